The Bertz CT molecular complexity index is 812. The van der Waals surface area contributed by atoms with Gasteiger partial charge in [0.2, 0.25) is 5.88 Å². The molecule has 3 aromatic heterocycles. The number of aryl methyl sites for hydroxylation is 1. The fourth-order valence-electron chi connectivity index (χ4n) is 2.08. The van der Waals surface area contributed by atoms with Crippen LogP contribution in [0.3, 0.4) is 0 Å². The van der Waals surface area contributed by atoms with Crippen molar-refractivity contribution in [3.63, 3.8) is 0 Å². The number of nitrogens with one attached hydrogen (secondary N) is 1. The molecule has 0 aliphatic heterocycles. The first-order valence-corrected chi connectivity index (χ1v) is 7.78. The number of hydrogen-bond donors (Lipinski definition) is 1. The van der Waals surface area contributed by atoms with E-state index in [2.05, 4.69) is 15.3 Å². The van der Waals surface area contributed by atoms with Gasteiger partial charge in [0.25, 0.3) is 5.91 Å². The summed E-state index contributed by atoms with van der Waals surface area (Å²) in [6.45, 7) is 2.30. The van der Waals surface area contributed by atoms with Crippen LogP contribution >= 0.6 is 11.3 Å². The van der Waals surface area contributed by atoms with Crippen LogP contribution in [0.2, 0.25) is 0 Å². The number of ether oxygens (including phenoxy) is 1. The lowest BCUT2D eigenvalue weighted by Crippen LogP contribution is -2.23. The Morgan fingerprint density at radius 2 is 2.26 bits per heavy atom. The van der Waals surface area contributed by atoms with Gasteiger partial charge in [-0.3, -0.25) is 4.79 Å². The van der Waals surface area contributed by atoms with Gasteiger partial charge < -0.3 is 14.5 Å². The number of aromatic nitrogens is 2. The highest BCUT2D eigenvalue weighted by molar-refractivity contribution is 7.15. The zero-order valence-electron chi connectivity index (χ0n) is 12.7. The molecule has 0 saturated carbocycles. The third kappa shape index (κ3) is 3.24. The molecule has 0 atom stereocenters. The van der Waals surface area contributed by atoms with Gasteiger partial charge in [0.15, 0.2) is 10.8 Å². The molecule has 0 radical (unpaired) electrons. The van der Waals surface area contributed by atoms with Crippen LogP contribution in [0.15, 0.2) is 41.1 Å². The van der Waals surface area contributed by atoms with Gasteiger partial charge in [-0.15, -0.1) is 11.3 Å². The highest BCUT2D eigenvalue weighted by Crippen LogP contribution is 2.28. The summed E-state index contributed by atoms with van der Waals surface area (Å²) < 4.78 is 10.5. The lowest BCUT2D eigenvalue weighted by molar-refractivity contribution is 0.0947. The fourth-order valence-corrected chi connectivity index (χ4v) is 3.05. The minimum atomic E-state index is -0.234. The lowest BCUT2D eigenvalue weighted by Gasteiger charge is -2.07. The minimum Gasteiger partial charge on any atom is -0.480 e. The Morgan fingerprint density at radius 3 is 3.00 bits per heavy atom. The molecule has 1 N–H and O–H groups in total. The van der Waals surface area contributed by atoms with Gasteiger partial charge in [-0.05, 0) is 31.2 Å². The van der Waals surface area contributed by atoms with E-state index in [0.29, 0.717) is 18.0 Å². The molecule has 6 nitrogen and oxygen atoms in total. The molecule has 0 aliphatic carbocycles. The largest absolute Gasteiger partial charge is 0.480 e. The summed E-state index contributed by atoms with van der Waals surface area (Å²) in [5.41, 5.74) is 1.28. The van der Waals surface area contributed by atoms with Gasteiger partial charge in [0.1, 0.15) is 5.56 Å². The second kappa shape index (κ2) is 6.62. The number of thiazole rings is 1. The van der Waals surface area contributed by atoms with Gasteiger partial charge >= 0.3 is 0 Å². The van der Waals surface area contributed by atoms with E-state index in [1.165, 1.54) is 18.4 Å². The number of methoxy groups -OCH3 is 1. The number of rotatable bonds is 5. The quantitative estimate of drug-likeness (QED) is 0.778. The number of pyridine rings is 1. The fraction of sp³-hybridized carbons (Fsp3) is 0.188. The Balaban J connectivity index is 1.72. The highest BCUT2D eigenvalue weighted by atomic mass is 32.1. The molecular weight excluding hydrogens is 314 g/mol. The molecule has 0 unspecified atom stereocenters. The van der Waals surface area contributed by atoms with Gasteiger partial charge in [-0.2, -0.15) is 0 Å². The van der Waals surface area contributed by atoms with Crippen LogP contribution in [-0.4, -0.2) is 23.0 Å². The number of hydrogen-bond acceptors (Lipinski definition) is 6. The maximum atomic E-state index is 12.3. The van der Waals surface area contributed by atoms with Crippen LogP contribution in [-0.2, 0) is 6.54 Å². The van der Waals surface area contributed by atoms with E-state index < -0.39 is 0 Å². The zero-order chi connectivity index (χ0) is 16.2. The minimum absolute atomic E-state index is 0.234. The summed E-state index contributed by atoms with van der Waals surface area (Å²) in [6.07, 6.45) is 3.20. The Morgan fingerprint density at radius 1 is 1.39 bits per heavy atom. The summed E-state index contributed by atoms with van der Waals surface area (Å²) in [7, 11) is 1.49. The summed E-state index contributed by atoms with van der Waals surface area (Å²) in [5.74, 6) is 0.800. The predicted octanol–water partition coefficient (Wildman–Crippen LogP) is 3.05. The van der Waals surface area contributed by atoms with Crippen molar-refractivity contribution in [3.8, 4) is 16.6 Å². The average Bonchev–Trinajstić information content (AvgIpc) is 3.22. The number of amides is 1. The van der Waals surface area contributed by atoms with Crippen molar-refractivity contribution in [3.05, 3.63) is 52.9 Å². The number of carbonyl (C=O) groups is 1. The molecule has 7 heteroatoms. The van der Waals surface area contributed by atoms with Crippen molar-refractivity contribution in [2.24, 2.45) is 0 Å². The van der Waals surface area contributed by atoms with E-state index in [1.54, 1.807) is 24.6 Å². The van der Waals surface area contributed by atoms with Crippen LogP contribution in [0.25, 0.3) is 10.8 Å². The molecule has 0 fully saturated rings. The van der Waals surface area contributed by atoms with Crippen LogP contribution in [0.5, 0.6) is 5.88 Å². The number of carbonyl (C=O) groups excluding carboxylic acids is 1. The molecular formula is C16H15N3O3S. The van der Waals surface area contributed by atoms with Crippen molar-refractivity contribution in [1.29, 1.82) is 0 Å². The summed E-state index contributed by atoms with van der Waals surface area (Å²) in [6, 6.07) is 7.06. The Hall–Kier alpha value is -2.67. The number of furan rings is 1. The SMILES string of the molecule is COc1ncccc1C(=O)NCc1sc(-c2ccco2)nc1C. The molecule has 1 amide bonds. The predicted molar refractivity (Wildman–Crippen MR) is 86.5 cm³/mol. The normalized spacial score (nSPS) is 10.5. The van der Waals surface area contributed by atoms with Crippen LogP contribution < -0.4 is 10.1 Å². The van der Waals surface area contributed by atoms with E-state index in [1.807, 2.05) is 19.1 Å². The molecule has 0 aliphatic rings. The summed E-state index contributed by atoms with van der Waals surface area (Å²) >= 11 is 1.50. The molecule has 118 valence electrons. The van der Waals surface area contributed by atoms with E-state index in [9.17, 15) is 4.79 Å². The highest BCUT2D eigenvalue weighted by Gasteiger charge is 2.15. The molecule has 23 heavy (non-hydrogen) atoms. The van der Waals surface area contributed by atoms with E-state index >= 15 is 0 Å². The van der Waals surface area contributed by atoms with E-state index in [-0.39, 0.29) is 5.91 Å². The molecule has 0 spiro atoms. The average molecular weight is 329 g/mol. The van der Waals surface area contributed by atoms with E-state index in [0.717, 1.165) is 21.3 Å². The zero-order valence-corrected chi connectivity index (χ0v) is 13.5. The monoisotopic (exact) mass is 329 g/mol. The van der Waals surface area contributed by atoms with Gasteiger partial charge in [-0.1, -0.05) is 0 Å². The standard InChI is InChI=1S/C16H15N3O3S/c1-10-13(23-16(19-10)12-6-4-8-22-12)9-18-14(20)11-5-3-7-17-15(11)21-2/h3-8H,9H2,1-2H3,(H,18,20). The maximum Gasteiger partial charge on any atom is 0.257 e. The molecule has 0 bridgehead atoms. The van der Waals surface area contributed by atoms with Crippen molar-refractivity contribution in [2.75, 3.05) is 7.11 Å². The van der Waals surface area contributed by atoms with Crippen LogP contribution in [0.1, 0.15) is 20.9 Å². The van der Waals surface area contributed by atoms with Crippen molar-refractivity contribution in [1.82, 2.24) is 15.3 Å². The van der Waals surface area contributed by atoms with Crippen LogP contribution in [0, 0.1) is 6.92 Å². The maximum absolute atomic E-state index is 12.3. The first-order chi connectivity index (χ1) is 11.2. The summed E-state index contributed by atoms with van der Waals surface area (Å²) in [4.78, 5) is 21.8. The lowest BCUT2D eigenvalue weighted by atomic mass is 10.2. The van der Waals surface area contributed by atoms with Crippen molar-refractivity contribution >= 4 is 17.2 Å². The van der Waals surface area contributed by atoms with Crippen LogP contribution in [0.4, 0.5) is 0 Å². The Kier molecular flexibility index (Phi) is 4.38. The molecule has 3 heterocycles. The molecule has 0 aromatic carbocycles. The van der Waals surface area contributed by atoms with Gasteiger partial charge in [-0.25, -0.2) is 9.97 Å². The summed E-state index contributed by atoms with van der Waals surface area (Å²) in [5, 5.41) is 3.67. The third-order valence-corrected chi connectivity index (χ3v) is 4.42. The molecule has 0 saturated heterocycles. The number of nitrogens with zero attached hydrogens (tertiary/aromatic N) is 2. The second-order valence-electron chi connectivity index (χ2n) is 4.75. The molecule has 3 aromatic rings. The van der Waals surface area contributed by atoms with Crippen molar-refractivity contribution < 1.29 is 13.9 Å². The topological polar surface area (TPSA) is 77.2 Å². The molecule has 3 rings (SSSR count). The first-order valence-electron chi connectivity index (χ1n) is 6.96. The first kappa shape index (κ1) is 15.2. The second-order valence-corrected chi connectivity index (χ2v) is 5.83. The van der Waals surface area contributed by atoms with E-state index in [4.69, 9.17) is 9.15 Å². The van der Waals surface area contributed by atoms with Gasteiger partial charge in [0, 0.05) is 11.1 Å². The third-order valence-electron chi connectivity index (χ3n) is 3.24. The van der Waals surface area contributed by atoms with Gasteiger partial charge in [0.05, 0.1) is 25.6 Å². The van der Waals surface area contributed by atoms with Crippen molar-refractivity contribution in [2.45, 2.75) is 13.5 Å². The smallest absolute Gasteiger partial charge is 0.257 e. The Labute approximate surface area is 137 Å².